The van der Waals surface area contributed by atoms with Gasteiger partial charge in [-0.25, -0.2) is 27.2 Å². The summed E-state index contributed by atoms with van der Waals surface area (Å²) in [4.78, 5) is 22.7. The number of hydrogen-bond donors (Lipinski definition) is 3. The maximum absolute atomic E-state index is 14.3. The first-order valence-corrected chi connectivity index (χ1v) is 15.8. The Morgan fingerprint density at radius 1 is 1.00 bits per heavy atom. The molecule has 5 aromatic rings. The monoisotopic (exact) mass is 661 g/mol. The Kier molecular flexibility index (Phi) is 8.38. The lowest BCUT2D eigenvalue weighted by molar-refractivity contribution is 0.0761. The SMILES string of the molecule is COc1cc(-c2cc3cc(-c4cnc(OC)c(NS(=O)(=O)c5ccc(F)cc5F)c4)ccc3nc2N)ccc1C(=O)N1CCC(O)C1. The lowest BCUT2D eigenvalue weighted by Crippen LogP contribution is -2.29. The number of benzene rings is 3. The predicted molar refractivity (Wildman–Crippen MR) is 172 cm³/mol. The number of nitrogen functional groups attached to an aromatic ring is 1. The standard InChI is InChI=1S/C33H29F2N5O6S/c1-45-29-14-19(3-6-24(29)33(42)40-10-9-23(41)17-40)25-12-20-11-18(4-7-27(20)38-31(25)36)21-13-28(32(46-2)37-16-21)39-47(43,44)30-8-5-22(34)15-26(30)35/h3-8,11-16,23,39,41H,9-10,17H2,1-2H3,(H2,36,38). The zero-order chi connectivity index (χ0) is 33.5. The number of nitrogens with one attached hydrogen (secondary N) is 1. The number of ether oxygens (including phenoxy) is 2. The van der Waals surface area contributed by atoms with Gasteiger partial charge in [-0.1, -0.05) is 12.1 Å². The molecule has 47 heavy (non-hydrogen) atoms. The number of carbonyl (C=O) groups excluding carboxylic acids is 1. The molecule has 242 valence electrons. The second-order valence-corrected chi connectivity index (χ2v) is 12.5. The van der Waals surface area contributed by atoms with E-state index in [9.17, 15) is 27.1 Å². The summed E-state index contributed by atoms with van der Waals surface area (Å²) in [6.07, 6.45) is 1.46. The fourth-order valence-corrected chi connectivity index (χ4v) is 6.58. The van der Waals surface area contributed by atoms with Crippen molar-refractivity contribution in [2.75, 3.05) is 37.8 Å². The van der Waals surface area contributed by atoms with E-state index in [-0.39, 0.29) is 29.8 Å². The third-order valence-electron chi connectivity index (χ3n) is 7.84. The van der Waals surface area contributed by atoms with Crippen molar-refractivity contribution in [2.24, 2.45) is 0 Å². The van der Waals surface area contributed by atoms with Gasteiger partial charge in [-0.2, -0.15) is 0 Å². The number of rotatable bonds is 8. The number of fused-ring (bicyclic) bond motifs is 1. The first-order chi connectivity index (χ1) is 22.5. The van der Waals surface area contributed by atoms with Crippen LogP contribution in [0.25, 0.3) is 33.2 Å². The molecule has 1 amide bonds. The minimum Gasteiger partial charge on any atom is -0.496 e. The predicted octanol–water partition coefficient (Wildman–Crippen LogP) is 4.85. The molecule has 0 bridgehead atoms. The molecule has 1 aliphatic heterocycles. The lowest BCUT2D eigenvalue weighted by atomic mass is 9.99. The van der Waals surface area contributed by atoms with Crippen LogP contribution in [0, 0.1) is 11.6 Å². The average Bonchev–Trinajstić information content (AvgIpc) is 3.49. The summed E-state index contributed by atoms with van der Waals surface area (Å²) in [5.74, 6) is -1.86. The number of methoxy groups -OCH3 is 2. The molecule has 0 saturated carbocycles. The van der Waals surface area contributed by atoms with E-state index in [1.165, 1.54) is 26.5 Å². The first-order valence-electron chi connectivity index (χ1n) is 14.4. The highest BCUT2D eigenvalue weighted by Crippen LogP contribution is 2.36. The number of carbonyl (C=O) groups is 1. The van der Waals surface area contributed by atoms with E-state index in [4.69, 9.17) is 15.2 Å². The van der Waals surface area contributed by atoms with E-state index >= 15 is 0 Å². The Balaban J connectivity index is 1.34. The quantitative estimate of drug-likeness (QED) is 0.212. The number of halogens is 2. The van der Waals surface area contributed by atoms with Crippen LogP contribution in [-0.2, 0) is 10.0 Å². The topological polar surface area (TPSA) is 157 Å². The van der Waals surface area contributed by atoms with E-state index in [1.54, 1.807) is 35.2 Å². The molecular weight excluding hydrogens is 632 g/mol. The van der Waals surface area contributed by atoms with Crippen molar-refractivity contribution in [1.82, 2.24) is 14.9 Å². The summed E-state index contributed by atoms with van der Waals surface area (Å²) >= 11 is 0. The lowest BCUT2D eigenvalue weighted by Gasteiger charge is -2.18. The molecule has 1 aliphatic rings. The highest BCUT2D eigenvalue weighted by Gasteiger charge is 2.28. The summed E-state index contributed by atoms with van der Waals surface area (Å²) in [5.41, 5.74) is 9.65. The number of aliphatic hydroxyl groups excluding tert-OH is 1. The molecule has 6 rings (SSSR count). The number of nitrogens with zero attached hydrogens (tertiary/aromatic N) is 3. The van der Waals surface area contributed by atoms with Crippen LogP contribution in [0.4, 0.5) is 20.3 Å². The number of hydrogen-bond acceptors (Lipinski definition) is 9. The molecule has 1 fully saturated rings. The fraction of sp³-hybridized carbons (Fsp3) is 0.182. The van der Waals surface area contributed by atoms with Crippen molar-refractivity contribution in [2.45, 2.75) is 17.4 Å². The molecule has 3 aromatic carbocycles. The van der Waals surface area contributed by atoms with Crippen molar-refractivity contribution < 1.29 is 36.6 Å². The van der Waals surface area contributed by atoms with Crippen LogP contribution in [0.1, 0.15) is 16.8 Å². The van der Waals surface area contributed by atoms with Crippen LogP contribution in [0.3, 0.4) is 0 Å². The van der Waals surface area contributed by atoms with Gasteiger partial charge in [-0.05, 0) is 66.1 Å². The minimum absolute atomic E-state index is 0.0601. The summed E-state index contributed by atoms with van der Waals surface area (Å²) in [5, 5.41) is 10.6. The number of amides is 1. The van der Waals surface area contributed by atoms with E-state index in [2.05, 4.69) is 14.7 Å². The van der Waals surface area contributed by atoms with Gasteiger partial charge in [0.1, 0.15) is 33.8 Å². The molecule has 3 heterocycles. The Morgan fingerprint density at radius 2 is 1.79 bits per heavy atom. The number of pyridine rings is 2. The third kappa shape index (κ3) is 6.24. The highest BCUT2D eigenvalue weighted by molar-refractivity contribution is 7.92. The van der Waals surface area contributed by atoms with Crippen molar-refractivity contribution >= 4 is 38.3 Å². The van der Waals surface area contributed by atoms with Crippen molar-refractivity contribution in [3.8, 4) is 33.9 Å². The smallest absolute Gasteiger partial charge is 0.264 e. The van der Waals surface area contributed by atoms with E-state index in [1.807, 2.05) is 12.1 Å². The molecule has 4 N–H and O–H groups in total. The molecule has 1 unspecified atom stereocenters. The Bertz CT molecular complexity index is 2150. The fourth-order valence-electron chi connectivity index (χ4n) is 5.47. The van der Waals surface area contributed by atoms with Crippen LogP contribution in [0.15, 0.2) is 77.8 Å². The number of aromatic nitrogens is 2. The van der Waals surface area contributed by atoms with Gasteiger partial charge < -0.3 is 25.2 Å². The maximum atomic E-state index is 14.3. The molecule has 1 saturated heterocycles. The van der Waals surface area contributed by atoms with Gasteiger partial charge in [0.2, 0.25) is 5.88 Å². The Morgan fingerprint density at radius 3 is 2.49 bits per heavy atom. The summed E-state index contributed by atoms with van der Waals surface area (Å²) in [7, 11) is -1.70. The van der Waals surface area contributed by atoms with Gasteiger partial charge in [-0.3, -0.25) is 9.52 Å². The summed E-state index contributed by atoms with van der Waals surface area (Å²) in [6.45, 7) is 0.718. The number of nitrogens with two attached hydrogens (primary N) is 1. The molecule has 0 radical (unpaired) electrons. The highest BCUT2D eigenvalue weighted by atomic mass is 32.2. The molecule has 2 aromatic heterocycles. The van der Waals surface area contributed by atoms with Gasteiger partial charge in [0.25, 0.3) is 15.9 Å². The first kappa shape index (κ1) is 31.6. The van der Waals surface area contributed by atoms with Crippen molar-refractivity contribution in [3.05, 3.63) is 90.1 Å². The molecule has 1 atom stereocenters. The zero-order valence-electron chi connectivity index (χ0n) is 25.2. The Labute approximate surface area is 268 Å². The molecule has 11 nitrogen and oxygen atoms in total. The Hall–Kier alpha value is -5.34. The average molecular weight is 662 g/mol. The molecule has 0 spiro atoms. The van der Waals surface area contributed by atoms with E-state index in [0.717, 1.165) is 12.1 Å². The maximum Gasteiger partial charge on any atom is 0.264 e. The number of sulfonamides is 1. The number of aliphatic hydroxyl groups is 1. The largest absolute Gasteiger partial charge is 0.496 e. The van der Waals surface area contributed by atoms with Crippen LogP contribution < -0.4 is 19.9 Å². The van der Waals surface area contributed by atoms with Crippen molar-refractivity contribution in [1.29, 1.82) is 0 Å². The minimum atomic E-state index is -4.47. The van der Waals surface area contributed by atoms with Gasteiger partial charge in [0, 0.05) is 41.9 Å². The number of anilines is 2. The van der Waals surface area contributed by atoms with Crippen molar-refractivity contribution in [3.63, 3.8) is 0 Å². The number of β-amino-alcohol motifs (C(OH)–C–C–N with tert-alkyl or cyclic N) is 1. The molecular formula is C33H29F2N5O6S. The van der Waals surface area contributed by atoms with Gasteiger partial charge in [-0.15, -0.1) is 0 Å². The van der Waals surface area contributed by atoms with E-state index < -0.39 is 32.7 Å². The van der Waals surface area contributed by atoms with Gasteiger partial charge >= 0.3 is 0 Å². The third-order valence-corrected chi connectivity index (χ3v) is 9.24. The number of likely N-dealkylation sites (tertiary alicyclic amines) is 1. The second-order valence-electron chi connectivity index (χ2n) is 10.9. The molecule has 14 heteroatoms. The molecule has 0 aliphatic carbocycles. The second kappa shape index (κ2) is 12.5. The van der Waals surface area contributed by atoms with Crippen LogP contribution >= 0.6 is 0 Å². The van der Waals surface area contributed by atoms with Crippen LogP contribution in [0.2, 0.25) is 0 Å². The van der Waals surface area contributed by atoms with Crippen LogP contribution in [-0.4, -0.2) is 67.7 Å². The van der Waals surface area contributed by atoms with Gasteiger partial charge in [0.05, 0.1) is 31.4 Å². The summed E-state index contributed by atoms with van der Waals surface area (Å²) in [6, 6.07) is 15.9. The normalized spacial score (nSPS) is 14.7. The summed E-state index contributed by atoms with van der Waals surface area (Å²) < 4.78 is 66.8. The van der Waals surface area contributed by atoms with Gasteiger partial charge in [0.15, 0.2) is 0 Å². The van der Waals surface area contributed by atoms with E-state index in [0.29, 0.717) is 63.5 Å². The zero-order valence-corrected chi connectivity index (χ0v) is 26.0. The van der Waals surface area contributed by atoms with Crippen LogP contribution in [0.5, 0.6) is 11.6 Å².